The number of hydrogen-bond acceptors (Lipinski definition) is 4. The molecule has 0 spiro atoms. The summed E-state index contributed by atoms with van der Waals surface area (Å²) in [5.41, 5.74) is 2.67. The second kappa shape index (κ2) is 9.01. The van der Waals surface area contributed by atoms with Gasteiger partial charge in [0.1, 0.15) is 5.69 Å². The van der Waals surface area contributed by atoms with Crippen LogP contribution in [-0.2, 0) is 6.54 Å². The maximum absolute atomic E-state index is 12.4. The monoisotopic (exact) mass is 326 g/mol. The standard InChI is InChI=1S/C19H26N4O/c1-4-11-23(12-5-2)19-20-10-9-17(22-19)18(24)21-14-16-8-6-7-15(3)13-16/h6-10,13H,4-5,11-12,14H2,1-3H3,(H,21,24). The van der Waals surface area contributed by atoms with Crippen LogP contribution in [0.3, 0.4) is 0 Å². The lowest BCUT2D eigenvalue weighted by Gasteiger charge is -2.21. The Morgan fingerprint density at radius 1 is 1.17 bits per heavy atom. The molecule has 0 saturated carbocycles. The molecule has 0 bridgehead atoms. The van der Waals surface area contributed by atoms with Crippen LogP contribution in [-0.4, -0.2) is 29.0 Å². The van der Waals surface area contributed by atoms with Crippen LogP contribution in [0.25, 0.3) is 0 Å². The molecule has 0 aliphatic carbocycles. The lowest BCUT2D eigenvalue weighted by Crippen LogP contribution is -2.29. The van der Waals surface area contributed by atoms with E-state index in [0.29, 0.717) is 18.2 Å². The summed E-state index contributed by atoms with van der Waals surface area (Å²) in [6, 6.07) is 9.76. The van der Waals surface area contributed by atoms with Crippen molar-refractivity contribution in [3.63, 3.8) is 0 Å². The molecule has 1 amide bonds. The van der Waals surface area contributed by atoms with E-state index in [2.05, 4.69) is 40.1 Å². The highest BCUT2D eigenvalue weighted by Gasteiger charge is 2.12. The summed E-state index contributed by atoms with van der Waals surface area (Å²) in [6.45, 7) is 8.57. The van der Waals surface area contributed by atoms with E-state index in [9.17, 15) is 4.79 Å². The summed E-state index contributed by atoms with van der Waals surface area (Å²) >= 11 is 0. The molecule has 0 saturated heterocycles. The minimum absolute atomic E-state index is 0.173. The average molecular weight is 326 g/mol. The molecule has 0 aliphatic rings. The van der Waals surface area contributed by atoms with Gasteiger partial charge >= 0.3 is 0 Å². The molecule has 24 heavy (non-hydrogen) atoms. The summed E-state index contributed by atoms with van der Waals surface area (Å²) in [7, 11) is 0. The van der Waals surface area contributed by atoms with Crippen LogP contribution in [0.1, 0.15) is 48.3 Å². The third-order valence-electron chi connectivity index (χ3n) is 3.68. The maximum atomic E-state index is 12.4. The summed E-state index contributed by atoms with van der Waals surface area (Å²) in [5, 5.41) is 2.92. The zero-order chi connectivity index (χ0) is 17.4. The fraction of sp³-hybridized carbons (Fsp3) is 0.421. The number of nitrogens with zero attached hydrogens (tertiary/aromatic N) is 3. The van der Waals surface area contributed by atoms with Gasteiger partial charge in [-0.25, -0.2) is 9.97 Å². The van der Waals surface area contributed by atoms with E-state index in [0.717, 1.165) is 31.5 Å². The highest BCUT2D eigenvalue weighted by Crippen LogP contribution is 2.10. The van der Waals surface area contributed by atoms with Gasteiger partial charge in [0.25, 0.3) is 5.91 Å². The van der Waals surface area contributed by atoms with E-state index in [4.69, 9.17) is 0 Å². The number of aryl methyl sites for hydroxylation is 1. The minimum Gasteiger partial charge on any atom is -0.347 e. The lowest BCUT2D eigenvalue weighted by molar-refractivity contribution is 0.0946. The number of nitrogens with one attached hydrogen (secondary N) is 1. The Labute approximate surface area is 144 Å². The number of carbonyl (C=O) groups is 1. The van der Waals surface area contributed by atoms with Crippen molar-refractivity contribution in [1.29, 1.82) is 0 Å². The summed E-state index contributed by atoms with van der Waals surface area (Å²) in [6.07, 6.45) is 3.70. The fourth-order valence-corrected chi connectivity index (χ4v) is 2.57. The highest BCUT2D eigenvalue weighted by molar-refractivity contribution is 5.92. The van der Waals surface area contributed by atoms with Crippen molar-refractivity contribution in [2.45, 2.75) is 40.2 Å². The quantitative estimate of drug-likeness (QED) is 0.808. The summed E-state index contributed by atoms with van der Waals surface area (Å²) < 4.78 is 0. The number of aromatic nitrogens is 2. The Bertz CT molecular complexity index is 666. The SMILES string of the molecule is CCCN(CCC)c1nccc(C(=O)NCc2cccc(C)c2)n1. The van der Waals surface area contributed by atoms with Crippen molar-refractivity contribution in [3.05, 3.63) is 53.3 Å². The number of amides is 1. The Kier molecular flexibility index (Phi) is 6.73. The first-order chi connectivity index (χ1) is 11.6. The van der Waals surface area contributed by atoms with Gasteiger partial charge in [0.2, 0.25) is 5.95 Å². The van der Waals surface area contributed by atoms with E-state index in [1.807, 2.05) is 25.1 Å². The first kappa shape index (κ1) is 17.9. The summed E-state index contributed by atoms with van der Waals surface area (Å²) in [5.74, 6) is 0.454. The van der Waals surface area contributed by atoms with Gasteiger partial charge in [-0.3, -0.25) is 4.79 Å². The Morgan fingerprint density at radius 3 is 2.58 bits per heavy atom. The molecule has 0 radical (unpaired) electrons. The van der Waals surface area contributed by atoms with Crippen molar-refractivity contribution in [3.8, 4) is 0 Å². The molecule has 1 N–H and O–H groups in total. The third-order valence-corrected chi connectivity index (χ3v) is 3.68. The van der Waals surface area contributed by atoms with Crippen LogP contribution >= 0.6 is 0 Å². The van der Waals surface area contributed by atoms with Crippen molar-refractivity contribution in [2.24, 2.45) is 0 Å². The molecule has 0 unspecified atom stereocenters. The molecule has 0 fully saturated rings. The first-order valence-corrected chi connectivity index (χ1v) is 8.55. The second-order valence-corrected chi connectivity index (χ2v) is 5.90. The van der Waals surface area contributed by atoms with Gasteiger partial charge < -0.3 is 10.2 Å². The summed E-state index contributed by atoms with van der Waals surface area (Å²) in [4.78, 5) is 23.3. The van der Waals surface area contributed by atoms with Gasteiger partial charge in [-0.15, -0.1) is 0 Å². The van der Waals surface area contributed by atoms with Crippen LogP contribution in [0.15, 0.2) is 36.5 Å². The Hall–Kier alpha value is -2.43. The molecule has 2 rings (SSSR count). The molecular formula is C19H26N4O. The molecule has 1 aromatic heterocycles. The van der Waals surface area contributed by atoms with Gasteiger partial charge in [-0.1, -0.05) is 43.7 Å². The third kappa shape index (κ3) is 5.05. The van der Waals surface area contributed by atoms with Gasteiger partial charge in [0.05, 0.1) is 0 Å². The number of benzene rings is 1. The van der Waals surface area contributed by atoms with E-state index in [1.54, 1.807) is 12.3 Å². The first-order valence-electron chi connectivity index (χ1n) is 8.55. The van der Waals surface area contributed by atoms with Crippen molar-refractivity contribution in [2.75, 3.05) is 18.0 Å². The normalized spacial score (nSPS) is 10.5. The second-order valence-electron chi connectivity index (χ2n) is 5.90. The van der Waals surface area contributed by atoms with E-state index in [1.165, 1.54) is 5.56 Å². The lowest BCUT2D eigenvalue weighted by atomic mass is 10.1. The highest BCUT2D eigenvalue weighted by atomic mass is 16.1. The maximum Gasteiger partial charge on any atom is 0.270 e. The fourth-order valence-electron chi connectivity index (χ4n) is 2.57. The van der Waals surface area contributed by atoms with E-state index < -0.39 is 0 Å². The van der Waals surface area contributed by atoms with Crippen molar-refractivity contribution in [1.82, 2.24) is 15.3 Å². The predicted molar refractivity (Wildman–Crippen MR) is 97.2 cm³/mol. The topological polar surface area (TPSA) is 58.1 Å². The van der Waals surface area contributed by atoms with Gasteiger partial charge in [0.15, 0.2) is 0 Å². The Balaban J connectivity index is 2.05. The van der Waals surface area contributed by atoms with Crippen molar-refractivity contribution < 1.29 is 4.79 Å². The van der Waals surface area contributed by atoms with Crippen LogP contribution in [0.5, 0.6) is 0 Å². The zero-order valence-corrected chi connectivity index (χ0v) is 14.7. The molecule has 2 aromatic rings. The van der Waals surface area contributed by atoms with Crippen molar-refractivity contribution >= 4 is 11.9 Å². The smallest absolute Gasteiger partial charge is 0.270 e. The van der Waals surface area contributed by atoms with Crippen LogP contribution in [0.2, 0.25) is 0 Å². The molecule has 0 aliphatic heterocycles. The van der Waals surface area contributed by atoms with Crippen LogP contribution in [0.4, 0.5) is 5.95 Å². The molecular weight excluding hydrogens is 300 g/mol. The molecule has 1 aromatic carbocycles. The minimum atomic E-state index is -0.173. The number of anilines is 1. The van der Waals surface area contributed by atoms with E-state index >= 15 is 0 Å². The molecule has 5 heteroatoms. The van der Waals surface area contributed by atoms with Gasteiger partial charge in [-0.2, -0.15) is 0 Å². The van der Waals surface area contributed by atoms with E-state index in [-0.39, 0.29) is 5.91 Å². The van der Waals surface area contributed by atoms with Gasteiger partial charge in [-0.05, 0) is 31.4 Å². The zero-order valence-electron chi connectivity index (χ0n) is 14.7. The number of hydrogen-bond donors (Lipinski definition) is 1. The molecule has 1 heterocycles. The molecule has 128 valence electrons. The molecule has 5 nitrogen and oxygen atoms in total. The Morgan fingerprint density at radius 2 is 1.92 bits per heavy atom. The van der Waals surface area contributed by atoms with Crippen LogP contribution in [0, 0.1) is 6.92 Å². The number of carbonyl (C=O) groups excluding carboxylic acids is 1. The average Bonchev–Trinajstić information content (AvgIpc) is 2.60. The van der Waals surface area contributed by atoms with Gasteiger partial charge in [0, 0.05) is 25.8 Å². The largest absolute Gasteiger partial charge is 0.347 e. The number of rotatable bonds is 8. The molecule has 0 atom stereocenters. The predicted octanol–water partition coefficient (Wildman–Crippen LogP) is 3.34. The van der Waals surface area contributed by atoms with Crippen LogP contribution < -0.4 is 10.2 Å².